The molecule has 4 aromatic rings. The van der Waals surface area contributed by atoms with Crippen LogP contribution in [0.3, 0.4) is 0 Å². The highest BCUT2D eigenvalue weighted by Crippen LogP contribution is 2.53. The monoisotopic (exact) mass is 473 g/mol. The first-order valence-corrected chi connectivity index (χ1v) is 12.1. The van der Waals surface area contributed by atoms with Crippen molar-refractivity contribution in [2.45, 2.75) is 25.3 Å². The molecule has 1 saturated heterocycles. The molecule has 0 spiro atoms. The summed E-state index contributed by atoms with van der Waals surface area (Å²) in [6.45, 7) is 1.99. The molecule has 2 bridgehead atoms. The van der Waals surface area contributed by atoms with Crippen molar-refractivity contribution in [1.29, 1.82) is 0 Å². The molecule has 4 nitrogen and oxygen atoms in total. The molecule has 7 heteroatoms. The maximum atomic E-state index is 14.2. The third kappa shape index (κ3) is 3.10. The Hall–Kier alpha value is -3.16. The second kappa shape index (κ2) is 7.43. The van der Waals surface area contributed by atoms with Crippen molar-refractivity contribution in [2.75, 3.05) is 5.32 Å². The minimum absolute atomic E-state index is 0.0365. The standard InChI is InChI=1S/C26H20FN3OS2/c1-26(12-19-15-7-3-5-9-18(15)22(26)29-23(19)32)24(31)30-25-28-21(13-33-25)17-10-11-20(27)16-8-4-2-6-14(16)17/h2-11,13,19,22H,12H2,1H3,(H,29,32)(H,28,30,31)/t19-,22?,26-/m0/s1. The number of nitrogens with one attached hydrogen (secondary N) is 2. The van der Waals surface area contributed by atoms with Crippen molar-refractivity contribution in [3.05, 3.63) is 83.0 Å². The summed E-state index contributed by atoms with van der Waals surface area (Å²) in [5.41, 5.74) is 3.25. The predicted octanol–water partition coefficient (Wildman–Crippen LogP) is 6.21. The molecule has 1 aliphatic carbocycles. The van der Waals surface area contributed by atoms with E-state index in [9.17, 15) is 9.18 Å². The number of carbonyl (C=O) groups is 1. The van der Waals surface area contributed by atoms with Crippen LogP contribution >= 0.6 is 23.6 Å². The highest BCUT2D eigenvalue weighted by Gasteiger charge is 2.53. The average molecular weight is 474 g/mol. The molecule has 164 valence electrons. The van der Waals surface area contributed by atoms with Gasteiger partial charge < -0.3 is 10.6 Å². The lowest BCUT2D eigenvalue weighted by molar-refractivity contribution is -0.127. The molecule has 1 fully saturated rings. The van der Waals surface area contributed by atoms with Gasteiger partial charge in [-0.2, -0.15) is 0 Å². The maximum Gasteiger partial charge on any atom is 0.234 e. The van der Waals surface area contributed by atoms with Crippen LogP contribution in [0.25, 0.3) is 22.0 Å². The Morgan fingerprint density at radius 1 is 1.12 bits per heavy atom. The summed E-state index contributed by atoms with van der Waals surface area (Å²) in [5.74, 6) is -0.301. The van der Waals surface area contributed by atoms with Crippen molar-refractivity contribution in [2.24, 2.45) is 5.41 Å². The van der Waals surface area contributed by atoms with Crippen LogP contribution in [0.1, 0.15) is 36.4 Å². The third-order valence-electron chi connectivity index (χ3n) is 6.94. The SMILES string of the molecule is C[C@]1(C(=O)Nc2nc(-c3ccc(F)c4ccccc34)cs2)C[C@@H]2C(=S)NC1c1ccccc12. The Balaban J connectivity index is 1.30. The molecule has 2 N–H and O–H groups in total. The number of amides is 1. The van der Waals surface area contributed by atoms with E-state index in [0.29, 0.717) is 22.6 Å². The molecule has 1 unspecified atom stereocenters. The van der Waals surface area contributed by atoms with Gasteiger partial charge in [0, 0.05) is 22.2 Å². The van der Waals surface area contributed by atoms with Crippen molar-refractivity contribution in [1.82, 2.24) is 10.3 Å². The van der Waals surface area contributed by atoms with Gasteiger partial charge in [0.15, 0.2) is 5.13 Å². The molecule has 0 radical (unpaired) electrons. The number of aromatic nitrogens is 1. The van der Waals surface area contributed by atoms with Crippen LogP contribution in [0, 0.1) is 11.2 Å². The first-order chi connectivity index (χ1) is 16.0. The lowest BCUT2D eigenvalue weighted by atomic mass is 9.61. The fraction of sp³-hybridized carbons (Fsp3) is 0.192. The number of thiazole rings is 1. The highest BCUT2D eigenvalue weighted by molar-refractivity contribution is 7.80. The maximum absolute atomic E-state index is 14.2. The van der Waals surface area contributed by atoms with Crippen LogP contribution in [0.2, 0.25) is 0 Å². The number of hydrogen-bond donors (Lipinski definition) is 2. The number of halogens is 1. The molecule has 3 aromatic carbocycles. The molecule has 1 amide bonds. The topological polar surface area (TPSA) is 54.0 Å². The van der Waals surface area contributed by atoms with Gasteiger partial charge in [-0.1, -0.05) is 60.7 Å². The van der Waals surface area contributed by atoms with Gasteiger partial charge in [0.05, 0.1) is 22.1 Å². The number of nitrogens with zero attached hydrogens (tertiary/aromatic N) is 1. The summed E-state index contributed by atoms with van der Waals surface area (Å²) in [6.07, 6.45) is 0.660. The van der Waals surface area contributed by atoms with E-state index in [4.69, 9.17) is 12.2 Å². The van der Waals surface area contributed by atoms with Crippen LogP contribution < -0.4 is 10.6 Å². The zero-order valence-electron chi connectivity index (χ0n) is 17.8. The van der Waals surface area contributed by atoms with Gasteiger partial charge in [0.1, 0.15) is 5.82 Å². The lowest BCUT2D eigenvalue weighted by Crippen LogP contribution is -2.56. The van der Waals surface area contributed by atoms with E-state index in [1.54, 1.807) is 12.1 Å². The minimum atomic E-state index is -0.657. The molecular formula is C26H20FN3OS2. The van der Waals surface area contributed by atoms with Gasteiger partial charge in [-0.3, -0.25) is 4.79 Å². The fourth-order valence-electron chi connectivity index (χ4n) is 5.20. The van der Waals surface area contributed by atoms with Crippen LogP contribution in [-0.4, -0.2) is 15.9 Å². The van der Waals surface area contributed by atoms with E-state index in [2.05, 4.69) is 27.8 Å². The Kier molecular flexibility index (Phi) is 4.61. The smallest absolute Gasteiger partial charge is 0.234 e. The number of carbonyl (C=O) groups excluding carboxylic acids is 1. The summed E-state index contributed by atoms with van der Waals surface area (Å²) < 4.78 is 14.2. The first-order valence-electron chi connectivity index (χ1n) is 10.8. The molecule has 2 aliphatic heterocycles. The van der Waals surface area contributed by atoms with Gasteiger partial charge in [0.2, 0.25) is 5.91 Å². The van der Waals surface area contributed by atoms with Gasteiger partial charge in [-0.05, 0) is 42.0 Å². The van der Waals surface area contributed by atoms with Crippen molar-refractivity contribution < 1.29 is 9.18 Å². The van der Waals surface area contributed by atoms with E-state index in [-0.39, 0.29) is 23.7 Å². The number of fused-ring (bicyclic) bond motifs is 3. The Bertz CT molecular complexity index is 1450. The summed E-state index contributed by atoms with van der Waals surface area (Å²) in [6, 6.07) is 18.6. The zero-order valence-corrected chi connectivity index (χ0v) is 19.4. The number of thiocarbonyl (C=S) groups is 1. The van der Waals surface area contributed by atoms with E-state index < -0.39 is 5.41 Å². The van der Waals surface area contributed by atoms with Crippen LogP contribution in [0.5, 0.6) is 0 Å². The van der Waals surface area contributed by atoms with Gasteiger partial charge >= 0.3 is 0 Å². The number of rotatable bonds is 3. The average Bonchev–Trinajstić information content (AvgIpc) is 3.29. The Labute approximate surface area is 199 Å². The summed E-state index contributed by atoms with van der Waals surface area (Å²) in [7, 11) is 0. The Morgan fingerprint density at radius 2 is 1.85 bits per heavy atom. The lowest BCUT2D eigenvalue weighted by Gasteiger charge is -2.50. The molecular weight excluding hydrogens is 453 g/mol. The first kappa shape index (κ1) is 20.4. The molecule has 3 aliphatic rings. The number of hydrogen-bond acceptors (Lipinski definition) is 4. The zero-order chi connectivity index (χ0) is 22.7. The van der Waals surface area contributed by atoms with Gasteiger partial charge in [0.25, 0.3) is 0 Å². The van der Waals surface area contributed by atoms with Crippen molar-refractivity contribution in [3.63, 3.8) is 0 Å². The highest BCUT2D eigenvalue weighted by atomic mass is 32.1. The number of anilines is 1. The van der Waals surface area contributed by atoms with E-state index >= 15 is 0 Å². The van der Waals surface area contributed by atoms with Crippen LogP contribution in [0.4, 0.5) is 9.52 Å². The quantitative estimate of drug-likeness (QED) is 0.348. The summed E-state index contributed by atoms with van der Waals surface area (Å²) >= 11 is 6.95. The largest absolute Gasteiger partial charge is 0.371 e. The van der Waals surface area contributed by atoms with Crippen LogP contribution in [0.15, 0.2) is 66.0 Å². The van der Waals surface area contributed by atoms with Gasteiger partial charge in [-0.25, -0.2) is 9.37 Å². The van der Waals surface area contributed by atoms with Crippen molar-refractivity contribution >= 4 is 50.4 Å². The number of piperidine rings is 1. The van der Waals surface area contributed by atoms with Crippen molar-refractivity contribution in [3.8, 4) is 11.3 Å². The van der Waals surface area contributed by atoms with E-state index in [1.165, 1.54) is 23.0 Å². The predicted molar refractivity (Wildman–Crippen MR) is 134 cm³/mol. The minimum Gasteiger partial charge on any atom is -0.371 e. The normalized spacial score (nSPS) is 23.3. The van der Waals surface area contributed by atoms with Gasteiger partial charge in [-0.15, -0.1) is 11.3 Å². The van der Waals surface area contributed by atoms with E-state index in [1.807, 2.05) is 42.6 Å². The number of benzene rings is 3. The second-order valence-corrected chi connectivity index (χ2v) is 10.2. The fourth-order valence-corrected chi connectivity index (χ4v) is 6.24. The van der Waals surface area contributed by atoms with Crippen LogP contribution in [-0.2, 0) is 4.79 Å². The molecule has 7 rings (SSSR count). The summed E-state index contributed by atoms with van der Waals surface area (Å²) in [4.78, 5) is 19.0. The molecule has 3 atom stereocenters. The second-order valence-electron chi connectivity index (χ2n) is 8.88. The molecule has 0 saturated carbocycles. The Morgan fingerprint density at radius 3 is 2.67 bits per heavy atom. The molecule has 1 aromatic heterocycles. The van der Waals surface area contributed by atoms with E-state index in [0.717, 1.165) is 21.5 Å². The molecule has 33 heavy (non-hydrogen) atoms. The third-order valence-corrected chi connectivity index (χ3v) is 8.10. The summed E-state index contributed by atoms with van der Waals surface area (Å²) in [5, 5.41) is 10.2. The molecule has 3 heterocycles.